The Kier molecular flexibility index (Phi) is 10.3. The molecule has 0 spiro atoms. The van der Waals surface area contributed by atoms with Crippen molar-refractivity contribution in [1.29, 1.82) is 0 Å². The molecule has 204 valence electrons. The molecule has 0 unspecified atom stereocenters. The van der Waals surface area contributed by atoms with Gasteiger partial charge in [0, 0.05) is 64.5 Å². The minimum Gasteiger partial charge on any atom is -0.426 e. The quantitative estimate of drug-likeness (QED) is 0.0960. The second-order valence-electron chi connectivity index (χ2n) is 8.37. The minimum atomic E-state index is -0.683. The number of benzene rings is 2. The molecule has 0 aromatic heterocycles. The van der Waals surface area contributed by atoms with Gasteiger partial charge in [0.05, 0.1) is 35.5 Å². The summed E-state index contributed by atoms with van der Waals surface area (Å²) >= 11 is 0. The smallest absolute Gasteiger partial charge is 0.308 e. The van der Waals surface area contributed by atoms with Crippen LogP contribution in [0.5, 0.6) is 11.5 Å². The molecule has 1 aliphatic carbocycles. The molecule has 0 saturated carbocycles. The Bertz CT molecular complexity index is 1120. The summed E-state index contributed by atoms with van der Waals surface area (Å²) < 4.78 is 10.5. The number of hydrogen-bond donors (Lipinski definition) is 6. The third kappa shape index (κ3) is 6.72. The summed E-state index contributed by atoms with van der Waals surface area (Å²) in [4.78, 5) is 51.5. The molecule has 2 aromatic rings. The Labute approximate surface area is 219 Å². The first-order valence-corrected chi connectivity index (χ1v) is 12.2. The van der Waals surface area contributed by atoms with Gasteiger partial charge >= 0.3 is 11.9 Å². The maximum atomic E-state index is 14.0. The average molecular weight is 529 g/mol. The number of ketones is 2. The number of aliphatic hydroxyl groups is 2. The Hall–Kier alpha value is -3.84. The Morgan fingerprint density at radius 3 is 1.37 bits per heavy atom. The molecule has 2 aromatic carbocycles. The van der Waals surface area contributed by atoms with Crippen molar-refractivity contribution in [3.8, 4) is 11.5 Å². The predicted molar refractivity (Wildman–Crippen MR) is 139 cm³/mol. The van der Waals surface area contributed by atoms with Crippen LogP contribution in [-0.2, 0) is 9.59 Å². The largest absolute Gasteiger partial charge is 0.426 e. The van der Waals surface area contributed by atoms with Gasteiger partial charge in [0.2, 0.25) is 11.6 Å². The topological polar surface area (TPSA) is 175 Å². The van der Waals surface area contributed by atoms with Gasteiger partial charge in [0.25, 0.3) is 0 Å². The van der Waals surface area contributed by atoms with Gasteiger partial charge in [-0.2, -0.15) is 0 Å². The summed E-state index contributed by atoms with van der Waals surface area (Å²) in [7, 11) is 0. The van der Waals surface area contributed by atoms with Crippen LogP contribution >= 0.6 is 0 Å². The maximum absolute atomic E-state index is 14.0. The highest BCUT2D eigenvalue weighted by Crippen LogP contribution is 2.43. The van der Waals surface area contributed by atoms with E-state index in [9.17, 15) is 19.2 Å². The van der Waals surface area contributed by atoms with Crippen molar-refractivity contribution in [3.05, 3.63) is 46.5 Å². The van der Waals surface area contributed by atoms with Crippen molar-refractivity contribution in [3.63, 3.8) is 0 Å². The van der Waals surface area contributed by atoms with Crippen LogP contribution in [-0.4, -0.2) is 86.2 Å². The number of carbonyl (C=O) groups is 4. The summed E-state index contributed by atoms with van der Waals surface area (Å²) in [6.07, 6.45) is 0. The number of nitrogens with one attached hydrogen (secondary N) is 4. The van der Waals surface area contributed by atoms with Crippen LogP contribution < -0.4 is 30.7 Å². The van der Waals surface area contributed by atoms with Gasteiger partial charge in [-0.25, -0.2) is 0 Å². The van der Waals surface area contributed by atoms with Crippen LogP contribution in [0.4, 0.5) is 11.4 Å². The van der Waals surface area contributed by atoms with Crippen LogP contribution in [0, 0.1) is 0 Å². The Morgan fingerprint density at radius 2 is 1.03 bits per heavy atom. The first-order chi connectivity index (χ1) is 18.3. The molecule has 0 bridgehead atoms. The number of carbonyl (C=O) groups excluding carboxylic acids is 4. The van der Waals surface area contributed by atoms with Crippen LogP contribution in [0.15, 0.2) is 24.3 Å². The van der Waals surface area contributed by atoms with E-state index in [-0.39, 0.29) is 47.0 Å². The maximum Gasteiger partial charge on any atom is 0.308 e. The molecule has 38 heavy (non-hydrogen) atoms. The first kappa shape index (κ1) is 28.7. The molecule has 3 rings (SSSR count). The van der Waals surface area contributed by atoms with Crippen LogP contribution in [0.25, 0.3) is 0 Å². The van der Waals surface area contributed by atoms with E-state index in [0.717, 1.165) is 0 Å². The second-order valence-corrected chi connectivity index (χ2v) is 8.37. The highest BCUT2D eigenvalue weighted by atomic mass is 16.5. The Balaban J connectivity index is 2.11. The number of ether oxygens (including phenoxy) is 2. The van der Waals surface area contributed by atoms with Gasteiger partial charge in [-0.15, -0.1) is 0 Å². The SMILES string of the molecule is CC(=O)Oc1ccc(OC(C)=O)c2c1C(=O)c1c(NCCNCCO)ccc(NCCNCCO)c1C2=O. The normalized spacial score (nSPS) is 12.0. The summed E-state index contributed by atoms with van der Waals surface area (Å²) in [6, 6.07) is 5.98. The lowest BCUT2D eigenvalue weighted by atomic mass is 9.81. The molecule has 0 aliphatic heterocycles. The highest BCUT2D eigenvalue weighted by molar-refractivity contribution is 6.33. The fourth-order valence-electron chi connectivity index (χ4n) is 4.09. The van der Waals surface area contributed by atoms with Crippen LogP contribution in [0.2, 0.25) is 0 Å². The number of esters is 2. The van der Waals surface area contributed by atoms with Gasteiger partial charge in [-0.3, -0.25) is 19.2 Å². The molecule has 0 saturated heterocycles. The zero-order valence-electron chi connectivity index (χ0n) is 21.3. The molecular weight excluding hydrogens is 496 g/mol. The molecule has 0 radical (unpaired) electrons. The molecule has 12 heteroatoms. The molecule has 0 amide bonds. The summed E-state index contributed by atoms with van der Waals surface area (Å²) in [5.74, 6) is -2.75. The lowest BCUT2D eigenvalue weighted by Gasteiger charge is -2.26. The monoisotopic (exact) mass is 528 g/mol. The van der Waals surface area contributed by atoms with Crippen LogP contribution in [0.3, 0.4) is 0 Å². The number of fused-ring (bicyclic) bond motifs is 2. The zero-order valence-corrected chi connectivity index (χ0v) is 21.3. The predicted octanol–water partition coefficient (Wildman–Crippen LogP) is 0.300. The van der Waals surface area contributed by atoms with Gasteiger partial charge in [-0.05, 0) is 24.3 Å². The van der Waals surface area contributed by atoms with Crippen molar-refractivity contribution in [2.45, 2.75) is 13.8 Å². The number of rotatable bonds is 14. The van der Waals surface area contributed by atoms with Crippen molar-refractivity contribution in [2.75, 3.05) is 63.1 Å². The van der Waals surface area contributed by atoms with Crippen LogP contribution in [0.1, 0.15) is 45.7 Å². The van der Waals surface area contributed by atoms with E-state index in [1.165, 1.54) is 26.0 Å². The number of anilines is 2. The fraction of sp³-hybridized carbons (Fsp3) is 0.385. The van der Waals surface area contributed by atoms with Crippen molar-refractivity contribution in [1.82, 2.24) is 10.6 Å². The van der Waals surface area contributed by atoms with Gasteiger partial charge < -0.3 is 41.0 Å². The number of aliphatic hydroxyl groups excluding tert-OH is 2. The lowest BCUT2D eigenvalue weighted by Crippen LogP contribution is -2.29. The summed E-state index contributed by atoms with van der Waals surface area (Å²) in [5.41, 5.74) is 0.632. The van der Waals surface area contributed by atoms with E-state index in [2.05, 4.69) is 21.3 Å². The van der Waals surface area contributed by atoms with Crippen molar-refractivity contribution in [2.24, 2.45) is 0 Å². The molecule has 0 atom stereocenters. The van der Waals surface area contributed by atoms with E-state index in [1.807, 2.05) is 0 Å². The minimum absolute atomic E-state index is 0.0176. The zero-order chi connectivity index (χ0) is 27.7. The highest BCUT2D eigenvalue weighted by Gasteiger charge is 2.39. The molecule has 0 heterocycles. The van der Waals surface area contributed by atoms with Gasteiger partial charge in [-0.1, -0.05) is 0 Å². The molecule has 1 aliphatic rings. The first-order valence-electron chi connectivity index (χ1n) is 12.2. The van der Waals surface area contributed by atoms with E-state index >= 15 is 0 Å². The third-order valence-corrected chi connectivity index (χ3v) is 5.56. The van der Waals surface area contributed by atoms with Gasteiger partial charge in [0.1, 0.15) is 11.5 Å². The van der Waals surface area contributed by atoms with Gasteiger partial charge in [0.15, 0.2) is 0 Å². The van der Waals surface area contributed by atoms with E-state index in [4.69, 9.17) is 19.7 Å². The molecular formula is C26H32N4O8. The summed E-state index contributed by atoms with van der Waals surface area (Å²) in [5, 5.41) is 30.3. The molecule has 6 N–H and O–H groups in total. The molecule has 0 fully saturated rings. The van der Waals surface area contributed by atoms with Crippen molar-refractivity contribution < 1.29 is 38.9 Å². The Morgan fingerprint density at radius 1 is 0.632 bits per heavy atom. The van der Waals surface area contributed by atoms with E-state index in [0.29, 0.717) is 50.6 Å². The van der Waals surface area contributed by atoms with E-state index < -0.39 is 23.5 Å². The lowest BCUT2D eigenvalue weighted by molar-refractivity contribution is -0.133. The standard InChI is InChI=1S/C26H32N4O8/c1-15(33)37-19-5-6-20(38-16(2)34)24-23(19)25(35)21-17(29-9-7-27-11-13-31)3-4-18(22(21)26(24)36)30-10-8-28-12-14-32/h3-6,27-32H,7-14H2,1-2H3. The second kappa shape index (κ2) is 13.6. The van der Waals surface area contributed by atoms with E-state index in [1.54, 1.807) is 12.1 Å². The summed E-state index contributed by atoms with van der Waals surface area (Å²) in [6.45, 7) is 4.88. The number of hydrogen-bond acceptors (Lipinski definition) is 12. The average Bonchev–Trinajstić information content (AvgIpc) is 2.87. The molecule has 12 nitrogen and oxygen atoms in total. The third-order valence-electron chi connectivity index (χ3n) is 5.56. The van der Waals surface area contributed by atoms with Crippen molar-refractivity contribution >= 4 is 34.9 Å². The fourth-order valence-corrected chi connectivity index (χ4v) is 4.09.